The van der Waals surface area contributed by atoms with Gasteiger partial charge >= 0.3 is 0 Å². The highest BCUT2D eigenvalue weighted by Gasteiger charge is 2.23. The summed E-state index contributed by atoms with van der Waals surface area (Å²) in [5, 5.41) is 6.17. The second kappa shape index (κ2) is 10.3. The highest BCUT2D eigenvalue weighted by atomic mass is 127. The predicted molar refractivity (Wildman–Crippen MR) is 118 cm³/mol. The van der Waals surface area contributed by atoms with E-state index in [4.69, 9.17) is 0 Å². The summed E-state index contributed by atoms with van der Waals surface area (Å²) < 4.78 is 0. The Morgan fingerprint density at radius 3 is 2.74 bits per heavy atom. The Kier molecular flexibility index (Phi) is 8.08. The second-order valence-corrected chi connectivity index (χ2v) is 6.48. The number of carbonyl (C=O) groups excluding carboxylic acids is 1. The minimum atomic E-state index is -0.0272. The van der Waals surface area contributed by atoms with Crippen molar-refractivity contribution in [3.05, 3.63) is 42.4 Å². The fourth-order valence-corrected chi connectivity index (χ4v) is 2.62. The van der Waals surface area contributed by atoms with Gasteiger partial charge in [0.15, 0.2) is 5.96 Å². The summed E-state index contributed by atoms with van der Waals surface area (Å²) in [7, 11) is 1.94. The lowest BCUT2D eigenvalue weighted by molar-refractivity contribution is -0.119. The van der Waals surface area contributed by atoms with Gasteiger partial charge in [0, 0.05) is 19.6 Å². The van der Waals surface area contributed by atoms with Crippen LogP contribution in [0.25, 0.3) is 11.3 Å². The zero-order valence-electron chi connectivity index (χ0n) is 15.7. The molecule has 146 valence electrons. The number of imidazole rings is 1. The number of carbonyl (C=O) groups is 1. The van der Waals surface area contributed by atoms with Gasteiger partial charge in [-0.2, -0.15) is 0 Å². The summed E-state index contributed by atoms with van der Waals surface area (Å²) in [6.07, 6.45) is 4.00. The van der Waals surface area contributed by atoms with E-state index in [1.807, 2.05) is 55.4 Å². The molecule has 1 fully saturated rings. The number of H-pyrrole nitrogens is 1. The largest absolute Gasteiger partial charge is 0.357 e. The first-order valence-electron chi connectivity index (χ1n) is 9.04. The molecule has 0 saturated heterocycles. The van der Waals surface area contributed by atoms with E-state index in [1.165, 1.54) is 0 Å². The van der Waals surface area contributed by atoms with Gasteiger partial charge in [0.05, 0.1) is 18.4 Å². The van der Waals surface area contributed by atoms with Gasteiger partial charge in [-0.25, -0.2) is 9.98 Å². The Hall–Kier alpha value is -2.10. The number of benzene rings is 1. The molecule has 1 aromatic carbocycles. The van der Waals surface area contributed by atoms with Crippen molar-refractivity contribution in [1.29, 1.82) is 0 Å². The second-order valence-electron chi connectivity index (χ2n) is 6.48. The molecule has 0 aliphatic heterocycles. The zero-order valence-corrected chi connectivity index (χ0v) is 18.1. The number of guanidine groups is 1. The number of nitrogens with zero attached hydrogens (tertiary/aromatic N) is 3. The van der Waals surface area contributed by atoms with Crippen LogP contribution in [0.1, 0.15) is 25.6 Å². The van der Waals surface area contributed by atoms with E-state index in [0.717, 1.165) is 36.5 Å². The van der Waals surface area contributed by atoms with Gasteiger partial charge in [0.2, 0.25) is 5.91 Å². The van der Waals surface area contributed by atoms with Crippen LogP contribution in [0.15, 0.2) is 41.5 Å². The van der Waals surface area contributed by atoms with Crippen LogP contribution >= 0.6 is 24.0 Å². The summed E-state index contributed by atoms with van der Waals surface area (Å²) in [5.41, 5.74) is 2.09. The molecule has 8 heteroatoms. The van der Waals surface area contributed by atoms with E-state index in [9.17, 15) is 4.79 Å². The predicted octanol–water partition coefficient (Wildman–Crippen LogP) is 2.37. The quantitative estimate of drug-likeness (QED) is 0.322. The smallest absolute Gasteiger partial charge is 0.242 e. The molecular formula is C19H27IN6O. The van der Waals surface area contributed by atoms with Crippen molar-refractivity contribution >= 4 is 35.8 Å². The highest BCUT2D eigenvalue weighted by molar-refractivity contribution is 14.0. The van der Waals surface area contributed by atoms with Crippen LogP contribution in [-0.4, -0.2) is 52.9 Å². The molecule has 0 radical (unpaired) electrons. The Labute approximate surface area is 177 Å². The molecule has 1 aliphatic carbocycles. The van der Waals surface area contributed by atoms with E-state index >= 15 is 0 Å². The van der Waals surface area contributed by atoms with E-state index < -0.39 is 0 Å². The molecular weight excluding hydrogens is 455 g/mol. The van der Waals surface area contributed by atoms with Crippen LogP contribution in [-0.2, 0) is 11.3 Å². The molecule has 1 amide bonds. The number of halogens is 1. The first-order chi connectivity index (χ1) is 12.7. The van der Waals surface area contributed by atoms with Crippen LogP contribution < -0.4 is 10.6 Å². The van der Waals surface area contributed by atoms with Crippen molar-refractivity contribution in [3.8, 4) is 11.3 Å². The standard InChI is InChI=1S/C19H26N6O.HI/c1-3-20-19(22-12-18(26)23-15-9-10-15)25(2)13-17-21-11-16(24-17)14-7-5-4-6-8-14;/h4-8,11,15H,3,9-10,12-13H2,1-2H3,(H,20,22)(H,21,24)(H,23,26);1H. The molecule has 0 bridgehead atoms. The Bertz CT molecular complexity index is 757. The highest BCUT2D eigenvalue weighted by Crippen LogP contribution is 2.18. The van der Waals surface area contributed by atoms with Gasteiger partial charge in [0.1, 0.15) is 12.4 Å². The number of nitrogens with one attached hydrogen (secondary N) is 3. The molecule has 0 unspecified atom stereocenters. The maximum Gasteiger partial charge on any atom is 0.242 e. The van der Waals surface area contributed by atoms with Crippen LogP contribution in [0, 0.1) is 0 Å². The number of rotatable bonds is 7. The molecule has 27 heavy (non-hydrogen) atoms. The van der Waals surface area contributed by atoms with Gasteiger partial charge in [-0.3, -0.25) is 4.79 Å². The van der Waals surface area contributed by atoms with Crippen LogP contribution in [0.4, 0.5) is 0 Å². The molecule has 3 rings (SSSR count). The van der Waals surface area contributed by atoms with Crippen LogP contribution in [0.3, 0.4) is 0 Å². The minimum Gasteiger partial charge on any atom is -0.357 e. The summed E-state index contributed by atoms with van der Waals surface area (Å²) in [5.74, 6) is 1.51. The number of hydrogen-bond donors (Lipinski definition) is 3. The molecule has 3 N–H and O–H groups in total. The van der Waals surface area contributed by atoms with Gasteiger partial charge in [-0.15, -0.1) is 24.0 Å². The van der Waals surface area contributed by atoms with Crippen molar-refractivity contribution in [2.45, 2.75) is 32.4 Å². The lowest BCUT2D eigenvalue weighted by Gasteiger charge is -2.21. The molecule has 0 spiro atoms. The Morgan fingerprint density at radius 2 is 2.07 bits per heavy atom. The number of aliphatic imine (C=N–C) groups is 1. The van der Waals surface area contributed by atoms with Crippen molar-refractivity contribution in [2.75, 3.05) is 20.1 Å². The topological polar surface area (TPSA) is 85.4 Å². The Morgan fingerprint density at radius 1 is 1.33 bits per heavy atom. The average Bonchev–Trinajstić information content (AvgIpc) is 3.34. The lowest BCUT2D eigenvalue weighted by atomic mass is 10.2. The first kappa shape index (κ1) is 21.2. The fraction of sp³-hybridized carbons (Fsp3) is 0.421. The van der Waals surface area contributed by atoms with E-state index in [2.05, 4.69) is 25.6 Å². The van der Waals surface area contributed by atoms with Gasteiger partial charge in [-0.05, 0) is 25.3 Å². The first-order valence-corrected chi connectivity index (χ1v) is 9.04. The summed E-state index contributed by atoms with van der Waals surface area (Å²) in [4.78, 5) is 26.1. The number of aromatic amines is 1. The monoisotopic (exact) mass is 482 g/mol. The molecule has 1 heterocycles. The minimum absolute atomic E-state index is 0. The normalized spacial score (nSPS) is 13.6. The van der Waals surface area contributed by atoms with Gasteiger partial charge < -0.3 is 20.5 Å². The maximum absolute atomic E-state index is 11.9. The van der Waals surface area contributed by atoms with Crippen LogP contribution in [0.5, 0.6) is 0 Å². The number of aromatic nitrogens is 2. The maximum atomic E-state index is 11.9. The van der Waals surface area contributed by atoms with Crippen molar-refractivity contribution in [1.82, 2.24) is 25.5 Å². The van der Waals surface area contributed by atoms with Gasteiger partial charge in [-0.1, -0.05) is 30.3 Å². The van der Waals surface area contributed by atoms with Crippen molar-refractivity contribution in [3.63, 3.8) is 0 Å². The van der Waals surface area contributed by atoms with Crippen LogP contribution in [0.2, 0.25) is 0 Å². The average molecular weight is 482 g/mol. The van der Waals surface area contributed by atoms with Crippen molar-refractivity contribution in [2.24, 2.45) is 4.99 Å². The molecule has 1 aromatic heterocycles. The summed E-state index contributed by atoms with van der Waals surface area (Å²) in [6.45, 7) is 3.45. The fourth-order valence-electron chi connectivity index (χ4n) is 2.62. The Balaban J connectivity index is 0.00000261. The molecule has 1 saturated carbocycles. The molecule has 1 aliphatic rings. The SMILES string of the molecule is CCNC(=NCC(=O)NC1CC1)N(C)Cc1ncc(-c2ccccc2)[nH]1.I. The molecule has 2 aromatic rings. The zero-order chi connectivity index (χ0) is 18.4. The lowest BCUT2D eigenvalue weighted by Crippen LogP contribution is -2.39. The van der Waals surface area contributed by atoms with Crippen molar-refractivity contribution < 1.29 is 4.79 Å². The number of hydrogen-bond acceptors (Lipinski definition) is 3. The van der Waals surface area contributed by atoms with E-state index in [1.54, 1.807) is 0 Å². The summed E-state index contributed by atoms with van der Waals surface area (Å²) >= 11 is 0. The van der Waals surface area contributed by atoms with Gasteiger partial charge in [0.25, 0.3) is 0 Å². The van der Waals surface area contributed by atoms with E-state index in [-0.39, 0.29) is 36.4 Å². The number of amides is 1. The third-order valence-corrected chi connectivity index (χ3v) is 4.11. The third-order valence-electron chi connectivity index (χ3n) is 4.11. The molecule has 0 atom stereocenters. The van der Waals surface area contributed by atoms with E-state index in [0.29, 0.717) is 18.5 Å². The molecule has 7 nitrogen and oxygen atoms in total. The third kappa shape index (κ3) is 6.53. The summed E-state index contributed by atoms with van der Waals surface area (Å²) in [6, 6.07) is 10.5.